The Morgan fingerprint density at radius 3 is 2.87 bits per heavy atom. The molecule has 1 aliphatic heterocycles. The smallest absolute Gasteiger partial charge is 0.306 e. The minimum absolute atomic E-state index is 0.172. The van der Waals surface area contributed by atoms with Gasteiger partial charge in [0.05, 0.1) is 19.7 Å². The number of ether oxygens (including phenoxy) is 1. The number of methoxy groups -OCH3 is 1. The summed E-state index contributed by atoms with van der Waals surface area (Å²) >= 11 is 6.08. The van der Waals surface area contributed by atoms with Gasteiger partial charge in [0, 0.05) is 36.4 Å². The number of piperidine rings is 1. The van der Waals surface area contributed by atoms with Gasteiger partial charge in [-0.25, -0.2) is 19.9 Å². The van der Waals surface area contributed by atoms with Crippen LogP contribution in [0.15, 0.2) is 36.8 Å². The van der Waals surface area contributed by atoms with E-state index in [1.165, 1.54) is 13.4 Å². The van der Waals surface area contributed by atoms with E-state index < -0.39 is 0 Å². The molecule has 0 spiro atoms. The largest absolute Gasteiger partial charge is 0.469 e. The van der Waals surface area contributed by atoms with Gasteiger partial charge in [0.25, 0.3) is 0 Å². The molecule has 0 bridgehead atoms. The summed E-state index contributed by atoms with van der Waals surface area (Å²) in [5, 5.41) is 7.32. The molecule has 0 radical (unpaired) electrons. The van der Waals surface area contributed by atoms with Gasteiger partial charge in [0.2, 0.25) is 5.95 Å². The number of rotatable bonds is 7. The van der Waals surface area contributed by atoms with Gasteiger partial charge in [0.1, 0.15) is 17.4 Å². The highest BCUT2D eigenvalue weighted by Gasteiger charge is 2.20. The van der Waals surface area contributed by atoms with Crippen LogP contribution in [0.25, 0.3) is 11.0 Å². The number of benzene rings is 1. The second-order valence-electron chi connectivity index (χ2n) is 7.37. The number of nitrogens with one attached hydrogen (secondary N) is 2. The standard InChI is InChI=1S/C21H24ClN7O2/c1-31-18(30)7-10-29-8-5-15(6-9-29)27-21-23-12-17-19(28-21)20(25-13-24-17)26-16-4-2-3-14(22)11-16/h2-4,11-13,15H,5-10H2,1H3,(H,23,27,28)(H,24,25,26). The Kier molecular flexibility index (Phi) is 6.73. The molecule has 2 N–H and O–H groups in total. The van der Waals surface area contributed by atoms with E-state index in [9.17, 15) is 4.79 Å². The first-order valence-corrected chi connectivity index (χ1v) is 10.5. The quantitative estimate of drug-likeness (QED) is 0.534. The van der Waals surface area contributed by atoms with Crippen LogP contribution in [0.4, 0.5) is 17.5 Å². The van der Waals surface area contributed by atoms with Crippen molar-refractivity contribution in [3.05, 3.63) is 41.8 Å². The van der Waals surface area contributed by atoms with Crippen LogP contribution in [0, 0.1) is 0 Å². The number of likely N-dealkylation sites (tertiary alicyclic amines) is 1. The molecule has 1 aliphatic rings. The summed E-state index contributed by atoms with van der Waals surface area (Å²) in [6.45, 7) is 2.54. The fourth-order valence-electron chi connectivity index (χ4n) is 3.55. The van der Waals surface area contributed by atoms with E-state index in [4.69, 9.17) is 16.3 Å². The third-order valence-corrected chi connectivity index (χ3v) is 5.48. The number of hydrogen-bond acceptors (Lipinski definition) is 9. The van der Waals surface area contributed by atoms with Crippen LogP contribution in [-0.2, 0) is 9.53 Å². The van der Waals surface area contributed by atoms with Gasteiger partial charge in [-0.3, -0.25) is 4.79 Å². The predicted molar refractivity (Wildman–Crippen MR) is 120 cm³/mol. The van der Waals surface area contributed by atoms with Crippen LogP contribution in [0.2, 0.25) is 5.02 Å². The molecule has 31 heavy (non-hydrogen) atoms. The molecule has 0 amide bonds. The highest BCUT2D eigenvalue weighted by atomic mass is 35.5. The Bertz CT molecular complexity index is 1060. The van der Waals surface area contributed by atoms with Gasteiger partial charge in [-0.2, -0.15) is 0 Å². The number of nitrogens with zero attached hydrogens (tertiary/aromatic N) is 5. The molecule has 3 aromatic rings. The summed E-state index contributed by atoms with van der Waals surface area (Å²) in [7, 11) is 1.42. The summed E-state index contributed by atoms with van der Waals surface area (Å²) < 4.78 is 4.71. The molecule has 0 unspecified atom stereocenters. The summed E-state index contributed by atoms with van der Waals surface area (Å²) in [4.78, 5) is 31.3. The number of anilines is 3. The Balaban J connectivity index is 1.42. The minimum atomic E-state index is -0.172. The van der Waals surface area contributed by atoms with Crippen molar-refractivity contribution in [1.29, 1.82) is 0 Å². The fraction of sp³-hybridized carbons (Fsp3) is 0.381. The van der Waals surface area contributed by atoms with Crippen molar-refractivity contribution >= 4 is 46.1 Å². The van der Waals surface area contributed by atoms with Crippen LogP contribution in [0.5, 0.6) is 0 Å². The molecule has 3 heterocycles. The predicted octanol–water partition coefficient (Wildman–Crippen LogP) is 3.26. The van der Waals surface area contributed by atoms with E-state index in [-0.39, 0.29) is 12.0 Å². The molecule has 2 aromatic heterocycles. The van der Waals surface area contributed by atoms with Gasteiger partial charge >= 0.3 is 5.97 Å². The molecule has 9 nitrogen and oxygen atoms in total. The Labute approximate surface area is 185 Å². The lowest BCUT2D eigenvalue weighted by Gasteiger charge is -2.32. The average Bonchev–Trinajstić information content (AvgIpc) is 2.79. The fourth-order valence-corrected chi connectivity index (χ4v) is 3.74. The number of hydrogen-bond donors (Lipinski definition) is 2. The number of carbonyl (C=O) groups is 1. The SMILES string of the molecule is COC(=O)CCN1CCC(Nc2ncc3ncnc(Nc4cccc(Cl)c4)c3n2)CC1. The zero-order chi connectivity index (χ0) is 21.6. The normalized spacial score (nSPS) is 15.0. The first-order chi connectivity index (χ1) is 15.1. The van der Waals surface area contributed by atoms with Crippen LogP contribution < -0.4 is 10.6 Å². The summed E-state index contributed by atoms with van der Waals surface area (Å²) in [6, 6.07) is 7.68. The number of carbonyl (C=O) groups excluding carboxylic acids is 1. The first-order valence-electron chi connectivity index (χ1n) is 10.2. The van der Waals surface area contributed by atoms with E-state index in [1.54, 1.807) is 6.20 Å². The van der Waals surface area contributed by atoms with Gasteiger partial charge in [0.15, 0.2) is 5.82 Å². The van der Waals surface area contributed by atoms with Crippen molar-refractivity contribution in [2.24, 2.45) is 0 Å². The van der Waals surface area contributed by atoms with Crippen molar-refractivity contribution in [3.8, 4) is 0 Å². The van der Waals surface area contributed by atoms with Gasteiger partial charge in [-0.15, -0.1) is 0 Å². The summed E-state index contributed by atoms with van der Waals surface area (Å²) in [5.74, 6) is 0.967. The third-order valence-electron chi connectivity index (χ3n) is 5.25. The summed E-state index contributed by atoms with van der Waals surface area (Å²) in [5.41, 5.74) is 2.11. The topological polar surface area (TPSA) is 105 Å². The lowest BCUT2D eigenvalue weighted by Crippen LogP contribution is -2.40. The molecule has 4 rings (SSSR count). The molecule has 0 atom stereocenters. The van der Waals surface area contributed by atoms with Crippen molar-refractivity contribution in [2.45, 2.75) is 25.3 Å². The zero-order valence-electron chi connectivity index (χ0n) is 17.2. The van der Waals surface area contributed by atoms with Crippen molar-refractivity contribution in [3.63, 3.8) is 0 Å². The molecular weight excluding hydrogens is 418 g/mol. The highest BCUT2D eigenvalue weighted by Crippen LogP contribution is 2.24. The summed E-state index contributed by atoms with van der Waals surface area (Å²) in [6.07, 6.45) is 5.49. The third kappa shape index (κ3) is 5.56. The van der Waals surface area contributed by atoms with Crippen LogP contribution in [-0.4, -0.2) is 63.6 Å². The second-order valence-corrected chi connectivity index (χ2v) is 7.81. The van der Waals surface area contributed by atoms with E-state index >= 15 is 0 Å². The van der Waals surface area contributed by atoms with Crippen molar-refractivity contribution in [1.82, 2.24) is 24.8 Å². The number of fused-ring (bicyclic) bond motifs is 1. The highest BCUT2D eigenvalue weighted by molar-refractivity contribution is 6.30. The van der Waals surface area contributed by atoms with Gasteiger partial charge < -0.3 is 20.3 Å². The molecule has 1 aromatic carbocycles. The van der Waals surface area contributed by atoms with Crippen LogP contribution >= 0.6 is 11.6 Å². The lowest BCUT2D eigenvalue weighted by molar-refractivity contribution is -0.141. The molecule has 162 valence electrons. The Morgan fingerprint density at radius 2 is 2.10 bits per heavy atom. The molecule has 10 heteroatoms. The maximum Gasteiger partial charge on any atom is 0.306 e. The van der Waals surface area contributed by atoms with Crippen LogP contribution in [0.1, 0.15) is 19.3 Å². The first kappa shape index (κ1) is 21.2. The average molecular weight is 442 g/mol. The Hall–Kier alpha value is -3.04. The molecule has 0 aliphatic carbocycles. The van der Waals surface area contributed by atoms with Gasteiger partial charge in [-0.05, 0) is 31.0 Å². The molecule has 1 saturated heterocycles. The number of esters is 1. The monoisotopic (exact) mass is 441 g/mol. The molecule has 1 fully saturated rings. The lowest BCUT2D eigenvalue weighted by atomic mass is 10.1. The van der Waals surface area contributed by atoms with Crippen molar-refractivity contribution in [2.75, 3.05) is 37.4 Å². The van der Waals surface area contributed by atoms with Crippen molar-refractivity contribution < 1.29 is 9.53 Å². The molecule has 0 saturated carbocycles. The van der Waals surface area contributed by atoms with E-state index in [2.05, 4.69) is 35.5 Å². The van der Waals surface area contributed by atoms with E-state index in [0.29, 0.717) is 34.2 Å². The number of halogens is 1. The Morgan fingerprint density at radius 1 is 1.26 bits per heavy atom. The zero-order valence-corrected chi connectivity index (χ0v) is 18.0. The van der Waals surface area contributed by atoms with Gasteiger partial charge in [-0.1, -0.05) is 17.7 Å². The maximum absolute atomic E-state index is 11.3. The van der Waals surface area contributed by atoms with Crippen LogP contribution in [0.3, 0.4) is 0 Å². The molecular formula is C21H24ClN7O2. The van der Waals surface area contributed by atoms with E-state index in [1.807, 2.05) is 24.3 Å². The second kappa shape index (κ2) is 9.84. The number of aromatic nitrogens is 4. The maximum atomic E-state index is 11.3. The van der Waals surface area contributed by atoms with E-state index in [0.717, 1.165) is 38.2 Å². The minimum Gasteiger partial charge on any atom is -0.469 e.